The van der Waals surface area contributed by atoms with Gasteiger partial charge in [0.1, 0.15) is 0 Å². The van der Waals surface area contributed by atoms with Crippen LogP contribution in [0.3, 0.4) is 0 Å². The van der Waals surface area contributed by atoms with E-state index in [1.54, 1.807) is 12.1 Å². The van der Waals surface area contributed by atoms with Crippen molar-refractivity contribution in [1.29, 1.82) is 0 Å². The summed E-state index contributed by atoms with van der Waals surface area (Å²) < 4.78 is 11.7. The number of carbonyl (C=O) groups is 2. The van der Waals surface area contributed by atoms with Crippen molar-refractivity contribution in [2.24, 2.45) is 11.8 Å². The number of rotatable bonds is 8. The molecular weight excluding hydrogens is 600 g/mol. The molecule has 8 heteroatoms. The van der Waals surface area contributed by atoms with Gasteiger partial charge >= 0.3 is 11.9 Å². The molecule has 0 unspecified atom stereocenters. The molecule has 0 N–H and O–H groups in total. The van der Waals surface area contributed by atoms with Crippen LogP contribution in [0.5, 0.6) is 11.8 Å². The van der Waals surface area contributed by atoms with Gasteiger partial charge in [0.2, 0.25) is 11.8 Å². The zero-order valence-electron chi connectivity index (χ0n) is 26.1. The Bertz CT molecular complexity index is 1750. The van der Waals surface area contributed by atoms with Crippen LogP contribution in [-0.4, -0.2) is 31.9 Å². The van der Waals surface area contributed by atoms with Crippen LogP contribution >= 0.6 is 0 Å². The number of hydrogen-bond donors (Lipinski definition) is 0. The first-order valence-electron chi connectivity index (χ1n) is 16.0. The summed E-state index contributed by atoms with van der Waals surface area (Å²) >= 11 is 0. The molecule has 48 heavy (non-hydrogen) atoms. The molecule has 236 valence electrons. The fourth-order valence-electron chi connectivity index (χ4n) is 5.84. The van der Waals surface area contributed by atoms with E-state index >= 15 is 0 Å². The monoisotopic (exact) mass is 632 g/mol. The fourth-order valence-corrected chi connectivity index (χ4v) is 5.84. The number of hydrogen-bond acceptors (Lipinski definition) is 8. The van der Waals surface area contributed by atoms with Gasteiger partial charge in [0.15, 0.2) is 11.6 Å². The second-order valence-corrected chi connectivity index (χ2v) is 11.7. The maximum absolute atomic E-state index is 13.4. The Morgan fingerprint density at radius 2 is 0.750 bits per heavy atom. The third-order valence-corrected chi connectivity index (χ3v) is 8.41. The van der Waals surface area contributed by atoms with E-state index in [0.717, 1.165) is 22.3 Å². The minimum absolute atomic E-state index is 0.196. The van der Waals surface area contributed by atoms with Gasteiger partial charge in [-0.2, -0.15) is 9.97 Å². The molecule has 1 aliphatic rings. The largest absolute Gasteiger partial charge is 0.407 e. The summed E-state index contributed by atoms with van der Waals surface area (Å²) in [4.78, 5) is 45.3. The average molecular weight is 633 g/mol. The molecule has 6 aromatic rings. The minimum Gasteiger partial charge on any atom is -0.407 e. The van der Waals surface area contributed by atoms with E-state index in [1.807, 2.05) is 121 Å². The van der Waals surface area contributed by atoms with E-state index in [-0.39, 0.29) is 35.5 Å². The highest BCUT2D eigenvalue weighted by atomic mass is 16.5. The second-order valence-electron chi connectivity index (χ2n) is 11.7. The first kappa shape index (κ1) is 30.6. The molecule has 0 amide bonds. The Hall–Kier alpha value is -6.02. The molecule has 2 heterocycles. The number of aromatic nitrogens is 4. The minimum atomic E-state index is -0.366. The SMILES string of the molecule is O=C(Oc1cc(-c2ccccc2)nc(-c2ccccc2)n1)C1CCC(C(=O)Oc2cc(-c3ccccc3)nc(-c3ccccc3)n2)CC1. The highest BCUT2D eigenvalue weighted by Gasteiger charge is 2.33. The molecule has 1 saturated carbocycles. The molecule has 1 fully saturated rings. The standard InChI is InChI=1S/C40H32N4O4/c45-39(47-35-25-33(27-13-5-1-6-14-27)41-37(43-35)29-17-9-3-10-18-29)31-21-23-32(24-22-31)40(46)48-36-26-34(28-15-7-2-8-16-28)42-38(44-36)30-19-11-4-12-20-30/h1-20,25-26,31-32H,21-24H2. The van der Waals surface area contributed by atoms with Crippen LogP contribution in [0.25, 0.3) is 45.3 Å². The highest BCUT2D eigenvalue weighted by Crippen LogP contribution is 2.33. The van der Waals surface area contributed by atoms with Crippen LogP contribution in [0.2, 0.25) is 0 Å². The average Bonchev–Trinajstić information content (AvgIpc) is 3.16. The smallest absolute Gasteiger partial charge is 0.315 e. The first-order chi connectivity index (χ1) is 23.6. The van der Waals surface area contributed by atoms with Gasteiger partial charge in [-0.05, 0) is 25.7 Å². The summed E-state index contributed by atoms with van der Waals surface area (Å²) in [5, 5.41) is 0. The summed E-state index contributed by atoms with van der Waals surface area (Å²) in [5.41, 5.74) is 4.75. The quantitative estimate of drug-likeness (QED) is 0.155. The Labute approximate surface area is 278 Å². The first-order valence-corrected chi connectivity index (χ1v) is 16.0. The lowest BCUT2D eigenvalue weighted by atomic mass is 9.82. The van der Waals surface area contributed by atoms with Crippen LogP contribution in [0.1, 0.15) is 25.7 Å². The second kappa shape index (κ2) is 14.2. The van der Waals surface area contributed by atoms with Crippen molar-refractivity contribution < 1.29 is 19.1 Å². The van der Waals surface area contributed by atoms with Gasteiger partial charge in [-0.25, -0.2) is 9.97 Å². The van der Waals surface area contributed by atoms with Crippen LogP contribution in [0, 0.1) is 11.8 Å². The number of benzene rings is 4. The zero-order chi connectivity index (χ0) is 32.7. The number of nitrogens with zero attached hydrogens (tertiary/aromatic N) is 4. The molecular formula is C40H32N4O4. The van der Waals surface area contributed by atoms with Gasteiger partial charge in [-0.1, -0.05) is 121 Å². The molecule has 0 aliphatic heterocycles. The Kier molecular flexibility index (Phi) is 9.04. The third kappa shape index (κ3) is 7.18. The Balaban J connectivity index is 1.03. The molecule has 0 atom stereocenters. The van der Waals surface area contributed by atoms with Gasteiger partial charge < -0.3 is 9.47 Å². The molecule has 0 bridgehead atoms. The lowest BCUT2D eigenvalue weighted by Gasteiger charge is -2.25. The molecule has 7 rings (SSSR count). The summed E-state index contributed by atoms with van der Waals surface area (Å²) in [6, 6.07) is 42.0. The summed E-state index contributed by atoms with van der Waals surface area (Å²) in [6.07, 6.45) is 1.98. The molecule has 1 aliphatic carbocycles. The molecule has 4 aromatic carbocycles. The lowest BCUT2D eigenvalue weighted by molar-refractivity contribution is -0.145. The number of ether oxygens (including phenoxy) is 2. The molecule has 8 nitrogen and oxygen atoms in total. The predicted molar refractivity (Wildman–Crippen MR) is 183 cm³/mol. The van der Waals surface area contributed by atoms with Crippen LogP contribution < -0.4 is 9.47 Å². The molecule has 0 radical (unpaired) electrons. The van der Waals surface area contributed by atoms with Crippen LogP contribution in [0.4, 0.5) is 0 Å². The van der Waals surface area contributed by atoms with E-state index in [9.17, 15) is 9.59 Å². The maximum atomic E-state index is 13.4. The Morgan fingerprint density at radius 3 is 1.08 bits per heavy atom. The summed E-state index contributed by atoms with van der Waals surface area (Å²) in [5.74, 6) is -0.120. The highest BCUT2D eigenvalue weighted by molar-refractivity contribution is 5.78. The molecule has 0 saturated heterocycles. The van der Waals surface area contributed by atoms with Crippen molar-refractivity contribution in [3.8, 4) is 57.1 Å². The van der Waals surface area contributed by atoms with Crippen LogP contribution in [-0.2, 0) is 9.59 Å². The number of carbonyl (C=O) groups excluding carboxylic acids is 2. The van der Waals surface area contributed by atoms with E-state index in [1.165, 1.54) is 0 Å². The molecule has 2 aromatic heterocycles. The normalized spacial score (nSPS) is 15.8. The van der Waals surface area contributed by atoms with Crippen molar-refractivity contribution >= 4 is 11.9 Å². The van der Waals surface area contributed by atoms with Gasteiger partial charge in [-0.3, -0.25) is 9.59 Å². The summed E-state index contributed by atoms with van der Waals surface area (Å²) in [6.45, 7) is 0. The van der Waals surface area contributed by atoms with Crippen molar-refractivity contribution in [2.45, 2.75) is 25.7 Å². The van der Waals surface area contributed by atoms with E-state index < -0.39 is 0 Å². The van der Waals surface area contributed by atoms with E-state index in [0.29, 0.717) is 48.7 Å². The fraction of sp³-hybridized carbons (Fsp3) is 0.150. The maximum Gasteiger partial charge on any atom is 0.315 e. The topological polar surface area (TPSA) is 104 Å². The van der Waals surface area contributed by atoms with Gasteiger partial charge in [0, 0.05) is 34.4 Å². The van der Waals surface area contributed by atoms with Crippen molar-refractivity contribution in [3.63, 3.8) is 0 Å². The van der Waals surface area contributed by atoms with Crippen molar-refractivity contribution in [1.82, 2.24) is 19.9 Å². The number of esters is 2. The van der Waals surface area contributed by atoms with E-state index in [4.69, 9.17) is 19.4 Å². The third-order valence-electron chi connectivity index (χ3n) is 8.41. The molecule has 0 spiro atoms. The van der Waals surface area contributed by atoms with Crippen molar-refractivity contribution in [2.75, 3.05) is 0 Å². The van der Waals surface area contributed by atoms with Crippen LogP contribution in [0.15, 0.2) is 133 Å². The van der Waals surface area contributed by atoms with Gasteiger partial charge in [0.25, 0.3) is 0 Å². The zero-order valence-corrected chi connectivity index (χ0v) is 26.1. The van der Waals surface area contributed by atoms with E-state index in [2.05, 4.69) is 9.97 Å². The van der Waals surface area contributed by atoms with Gasteiger partial charge in [-0.15, -0.1) is 0 Å². The summed E-state index contributed by atoms with van der Waals surface area (Å²) in [7, 11) is 0. The predicted octanol–water partition coefficient (Wildman–Crippen LogP) is 8.25. The van der Waals surface area contributed by atoms with Gasteiger partial charge in [0.05, 0.1) is 23.2 Å². The Morgan fingerprint density at radius 1 is 0.438 bits per heavy atom. The van der Waals surface area contributed by atoms with Crippen molar-refractivity contribution in [3.05, 3.63) is 133 Å². The lowest BCUT2D eigenvalue weighted by Crippen LogP contribution is -2.30.